The second-order valence-corrected chi connectivity index (χ2v) is 9.25. The van der Waals surface area contributed by atoms with Crippen molar-refractivity contribution in [1.29, 1.82) is 0 Å². The highest BCUT2D eigenvalue weighted by Crippen LogP contribution is 2.38. The van der Waals surface area contributed by atoms with Crippen LogP contribution in [0.4, 0.5) is 5.13 Å². The summed E-state index contributed by atoms with van der Waals surface area (Å²) in [4.78, 5) is 16.8. The summed E-state index contributed by atoms with van der Waals surface area (Å²) in [6.07, 6.45) is 4.11. The molecule has 0 aliphatic rings. The van der Waals surface area contributed by atoms with Gasteiger partial charge in [0.1, 0.15) is 0 Å². The van der Waals surface area contributed by atoms with E-state index in [0.29, 0.717) is 38.2 Å². The molecule has 0 spiro atoms. The number of carbonyl (C=O) groups excluding carboxylic acids is 1. The van der Waals surface area contributed by atoms with E-state index in [1.165, 1.54) is 44.8 Å². The summed E-state index contributed by atoms with van der Waals surface area (Å²) in [6.45, 7) is 0. The van der Waals surface area contributed by atoms with Crippen LogP contribution in [0.2, 0.25) is 0 Å². The molecule has 0 fully saturated rings. The molecule has 0 atom stereocenters. The molecular formula is C20H20N2O6S2. The summed E-state index contributed by atoms with van der Waals surface area (Å²) in [7, 11) is 1.23. The number of benzene rings is 2. The highest BCUT2D eigenvalue weighted by atomic mass is 32.2. The molecule has 0 bridgehead atoms. The third-order valence-corrected chi connectivity index (χ3v) is 6.18. The van der Waals surface area contributed by atoms with Gasteiger partial charge in [0.15, 0.2) is 26.5 Å². The van der Waals surface area contributed by atoms with Crippen molar-refractivity contribution in [2.75, 3.05) is 32.9 Å². The highest BCUT2D eigenvalue weighted by molar-refractivity contribution is 7.90. The predicted molar refractivity (Wildman–Crippen MR) is 116 cm³/mol. The molecule has 10 heteroatoms. The lowest BCUT2D eigenvalue weighted by Crippen LogP contribution is -2.07. The number of nitrogens with zero attached hydrogens (tertiary/aromatic N) is 1. The number of methoxy groups -OCH3 is 3. The first-order valence-corrected chi connectivity index (χ1v) is 11.4. The normalized spacial score (nSPS) is 11.6. The van der Waals surface area contributed by atoms with E-state index in [9.17, 15) is 13.2 Å². The molecule has 2 aromatic carbocycles. The maximum atomic E-state index is 12.3. The number of nitrogens with one attached hydrogen (secondary N) is 1. The van der Waals surface area contributed by atoms with E-state index >= 15 is 0 Å². The zero-order valence-corrected chi connectivity index (χ0v) is 18.4. The van der Waals surface area contributed by atoms with Gasteiger partial charge in [-0.15, -0.1) is 0 Å². The Labute approximate surface area is 178 Å². The SMILES string of the molecule is COc1cc(/C=C\C(=O)Nc2nc3ccc(S(C)(=O)=O)cc3s2)cc(OC)c1OC. The summed E-state index contributed by atoms with van der Waals surface area (Å²) in [6, 6.07) is 8.09. The number of sulfone groups is 1. The van der Waals surface area contributed by atoms with Gasteiger partial charge in [-0.2, -0.15) is 0 Å². The lowest BCUT2D eigenvalue weighted by atomic mass is 10.1. The first kappa shape index (κ1) is 21.6. The number of fused-ring (bicyclic) bond motifs is 1. The Morgan fingerprint density at radius 1 is 1.07 bits per heavy atom. The van der Waals surface area contributed by atoms with E-state index in [4.69, 9.17) is 14.2 Å². The predicted octanol–water partition coefficient (Wildman–Crippen LogP) is 3.38. The van der Waals surface area contributed by atoms with E-state index in [-0.39, 0.29) is 10.8 Å². The number of hydrogen-bond donors (Lipinski definition) is 1. The zero-order chi connectivity index (χ0) is 21.9. The third kappa shape index (κ3) is 4.71. The molecule has 1 amide bonds. The summed E-state index contributed by atoms with van der Waals surface area (Å²) < 4.78 is 39.9. The van der Waals surface area contributed by atoms with E-state index < -0.39 is 9.84 Å². The van der Waals surface area contributed by atoms with Crippen LogP contribution in [-0.2, 0) is 14.6 Å². The van der Waals surface area contributed by atoms with Gasteiger partial charge in [-0.05, 0) is 42.0 Å². The minimum absolute atomic E-state index is 0.207. The average molecular weight is 449 g/mol. The maximum absolute atomic E-state index is 12.3. The van der Waals surface area contributed by atoms with Crippen molar-refractivity contribution in [3.8, 4) is 17.2 Å². The summed E-state index contributed by atoms with van der Waals surface area (Å²) in [5, 5.41) is 3.06. The van der Waals surface area contributed by atoms with Crippen molar-refractivity contribution < 1.29 is 27.4 Å². The summed E-state index contributed by atoms with van der Waals surface area (Å²) in [5.74, 6) is 1.03. The fourth-order valence-corrected chi connectivity index (χ4v) is 4.34. The van der Waals surface area contributed by atoms with Crippen molar-refractivity contribution in [3.63, 3.8) is 0 Å². The molecule has 30 heavy (non-hydrogen) atoms. The molecule has 0 radical (unpaired) electrons. The van der Waals surface area contributed by atoms with Crippen molar-refractivity contribution in [3.05, 3.63) is 42.0 Å². The van der Waals surface area contributed by atoms with Crippen LogP contribution in [0.3, 0.4) is 0 Å². The van der Waals surface area contributed by atoms with Crippen LogP contribution in [-0.4, -0.2) is 46.9 Å². The molecule has 0 aliphatic carbocycles. The molecule has 0 unspecified atom stereocenters. The van der Waals surface area contributed by atoms with Crippen LogP contribution in [0, 0.1) is 0 Å². The molecule has 3 aromatic rings. The van der Waals surface area contributed by atoms with Gasteiger partial charge in [0, 0.05) is 12.3 Å². The lowest BCUT2D eigenvalue weighted by molar-refractivity contribution is -0.111. The van der Waals surface area contributed by atoms with Crippen LogP contribution in [0.5, 0.6) is 17.2 Å². The first-order chi connectivity index (χ1) is 14.2. The van der Waals surface area contributed by atoms with Gasteiger partial charge in [-0.1, -0.05) is 11.3 Å². The largest absolute Gasteiger partial charge is 0.493 e. The van der Waals surface area contributed by atoms with Crippen molar-refractivity contribution in [2.24, 2.45) is 0 Å². The highest BCUT2D eigenvalue weighted by Gasteiger charge is 2.13. The number of hydrogen-bond acceptors (Lipinski definition) is 8. The maximum Gasteiger partial charge on any atom is 0.250 e. The van der Waals surface area contributed by atoms with Gasteiger partial charge in [0.2, 0.25) is 11.7 Å². The standard InChI is InChI=1S/C20H20N2O6S2/c1-26-15-9-12(10-16(27-2)19(15)28-3)5-8-18(23)22-20-21-14-7-6-13(30(4,24)25)11-17(14)29-20/h5-11H,1-4H3,(H,21,22,23)/b8-5-. The van der Waals surface area contributed by atoms with Gasteiger partial charge in [0.05, 0.1) is 36.4 Å². The van der Waals surface area contributed by atoms with Gasteiger partial charge < -0.3 is 14.2 Å². The number of aromatic nitrogens is 1. The van der Waals surface area contributed by atoms with Gasteiger partial charge in [-0.25, -0.2) is 13.4 Å². The zero-order valence-electron chi connectivity index (χ0n) is 16.8. The Hall–Kier alpha value is -3.11. The molecule has 1 heterocycles. The van der Waals surface area contributed by atoms with Crippen molar-refractivity contribution in [2.45, 2.75) is 4.90 Å². The minimum Gasteiger partial charge on any atom is -0.493 e. The van der Waals surface area contributed by atoms with E-state index in [2.05, 4.69) is 10.3 Å². The Morgan fingerprint density at radius 2 is 1.73 bits per heavy atom. The molecule has 0 saturated carbocycles. The van der Waals surface area contributed by atoms with Crippen LogP contribution < -0.4 is 19.5 Å². The molecule has 8 nitrogen and oxygen atoms in total. The quantitative estimate of drug-likeness (QED) is 0.553. The molecule has 0 aliphatic heterocycles. The Bertz CT molecular complexity index is 1210. The topological polar surface area (TPSA) is 104 Å². The molecule has 0 saturated heterocycles. The number of anilines is 1. The Kier molecular flexibility index (Phi) is 6.28. The molecule has 1 aromatic heterocycles. The fourth-order valence-electron chi connectivity index (χ4n) is 2.71. The van der Waals surface area contributed by atoms with Crippen LogP contribution in [0.25, 0.3) is 16.3 Å². The van der Waals surface area contributed by atoms with E-state index in [1.807, 2.05) is 0 Å². The number of carbonyl (C=O) groups is 1. The minimum atomic E-state index is -3.31. The van der Waals surface area contributed by atoms with E-state index in [1.54, 1.807) is 30.3 Å². The number of thiazole rings is 1. The molecule has 1 N–H and O–H groups in total. The fraction of sp³-hybridized carbons (Fsp3) is 0.200. The Balaban J connectivity index is 1.79. The monoisotopic (exact) mass is 448 g/mol. The van der Waals surface area contributed by atoms with Crippen LogP contribution in [0.15, 0.2) is 41.3 Å². The second kappa shape index (κ2) is 8.72. The van der Waals surface area contributed by atoms with Gasteiger partial charge in [-0.3, -0.25) is 10.1 Å². The number of amides is 1. The summed E-state index contributed by atoms with van der Waals surface area (Å²) in [5.41, 5.74) is 1.29. The molecule has 3 rings (SSSR count). The Morgan fingerprint density at radius 3 is 2.30 bits per heavy atom. The second-order valence-electron chi connectivity index (χ2n) is 6.20. The van der Waals surface area contributed by atoms with Crippen molar-refractivity contribution in [1.82, 2.24) is 4.98 Å². The molecular weight excluding hydrogens is 428 g/mol. The van der Waals surface area contributed by atoms with Gasteiger partial charge in [0.25, 0.3) is 0 Å². The lowest BCUT2D eigenvalue weighted by Gasteiger charge is -2.12. The van der Waals surface area contributed by atoms with Crippen molar-refractivity contribution >= 4 is 48.5 Å². The number of ether oxygens (including phenoxy) is 3. The third-order valence-electron chi connectivity index (χ3n) is 4.13. The smallest absolute Gasteiger partial charge is 0.250 e. The van der Waals surface area contributed by atoms with Gasteiger partial charge >= 0.3 is 0 Å². The number of rotatable bonds is 7. The summed E-state index contributed by atoms with van der Waals surface area (Å²) >= 11 is 1.20. The van der Waals surface area contributed by atoms with Crippen LogP contribution in [0.1, 0.15) is 5.56 Å². The molecule has 158 valence electrons. The van der Waals surface area contributed by atoms with Crippen LogP contribution >= 0.6 is 11.3 Å². The van der Waals surface area contributed by atoms with E-state index in [0.717, 1.165) is 6.26 Å². The first-order valence-electron chi connectivity index (χ1n) is 8.65. The average Bonchev–Trinajstić information content (AvgIpc) is 3.11.